The molecule has 1 N–H and O–H groups in total. The molecule has 0 bridgehead atoms. The maximum Gasteiger partial charge on any atom is 0.408 e. The van der Waals surface area contributed by atoms with Gasteiger partial charge in [-0.05, 0) is 27.2 Å². The zero-order valence-electron chi connectivity index (χ0n) is 11.6. The van der Waals surface area contributed by atoms with Crippen LogP contribution in [-0.4, -0.2) is 50.5 Å². The molecule has 1 heterocycles. The van der Waals surface area contributed by atoms with Crippen molar-refractivity contribution >= 4 is 21.6 Å². The number of carbonyl (C=O) groups is 1. The van der Waals surface area contributed by atoms with Crippen LogP contribution in [-0.2, 0) is 19.4 Å². The SMILES string of the molecule is CON=C1CS(=O)(=O)CCC1NC(=O)OC(C)(C)C. The van der Waals surface area contributed by atoms with Crippen LogP contribution < -0.4 is 5.32 Å². The first kappa shape index (κ1) is 15.7. The van der Waals surface area contributed by atoms with Gasteiger partial charge in [0.1, 0.15) is 12.7 Å². The van der Waals surface area contributed by atoms with Crippen LogP contribution in [0, 0.1) is 0 Å². The summed E-state index contributed by atoms with van der Waals surface area (Å²) < 4.78 is 28.2. The fourth-order valence-corrected chi connectivity index (χ4v) is 3.12. The quantitative estimate of drug-likeness (QED) is 0.756. The third kappa shape index (κ3) is 5.46. The van der Waals surface area contributed by atoms with Crippen molar-refractivity contribution in [3.63, 3.8) is 0 Å². The summed E-state index contributed by atoms with van der Waals surface area (Å²) in [5, 5.41) is 6.29. The average Bonchev–Trinajstić information content (AvgIpc) is 2.19. The predicted molar refractivity (Wildman–Crippen MR) is 70.9 cm³/mol. The van der Waals surface area contributed by atoms with Crippen molar-refractivity contribution in [2.75, 3.05) is 18.6 Å². The second kappa shape index (κ2) is 5.77. The molecule has 0 saturated carbocycles. The number of nitrogens with one attached hydrogen (secondary N) is 1. The standard InChI is InChI=1S/C11H20N2O5S/c1-11(2,3)18-10(14)12-8-5-6-19(15,16)7-9(8)13-17-4/h8H,5-7H2,1-4H3,(H,12,14). The van der Waals surface area contributed by atoms with Gasteiger partial charge in [-0.1, -0.05) is 5.16 Å². The number of carbonyl (C=O) groups excluding carboxylic acids is 1. The fraction of sp³-hybridized carbons (Fsp3) is 0.818. The first-order valence-corrected chi connectivity index (χ1v) is 7.75. The van der Waals surface area contributed by atoms with Gasteiger partial charge < -0.3 is 14.9 Å². The molecule has 0 aromatic rings. The van der Waals surface area contributed by atoms with Gasteiger partial charge in [0.2, 0.25) is 0 Å². The van der Waals surface area contributed by atoms with E-state index in [1.54, 1.807) is 20.8 Å². The monoisotopic (exact) mass is 292 g/mol. The molecule has 0 aromatic heterocycles. The lowest BCUT2D eigenvalue weighted by atomic mass is 10.1. The molecular weight excluding hydrogens is 272 g/mol. The zero-order valence-corrected chi connectivity index (χ0v) is 12.4. The van der Waals surface area contributed by atoms with E-state index in [0.29, 0.717) is 5.71 Å². The maximum atomic E-state index is 11.7. The van der Waals surface area contributed by atoms with Crippen molar-refractivity contribution in [2.24, 2.45) is 5.16 Å². The minimum absolute atomic E-state index is 0.0101. The summed E-state index contributed by atoms with van der Waals surface area (Å²) in [6.45, 7) is 5.26. The smallest absolute Gasteiger partial charge is 0.408 e. The molecule has 110 valence electrons. The first-order chi connectivity index (χ1) is 8.63. The third-order valence-electron chi connectivity index (χ3n) is 2.39. The molecule has 1 rings (SSSR count). The van der Waals surface area contributed by atoms with E-state index in [2.05, 4.69) is 15.3 Å². The van der Waals surface area contributed by atoms with Crippen LogP contribution in [0.25, 0.3) is 0 Å². The second-order valence-corrected chi connectivity index (χ2v) is 7.53. The molecular formula is C11H20N2O5S. The number of oxime groups is 1. The molecule has 1 atom stereocenters. The third-order valence-corrected chi connectivity index (χ3v) is 3.98. The normalized spacial score (nSPS) is 24.8. The van der Waals surface area contributed by atoms with Crippen LogP contribution in [0.1, 0.15) is 27.2 Å². The first-order valence-electron chi connectivity index (χ1n) is 5.93. The molecule has 1 amide bonds. The van der Waals surface area contributed by atoms with Crippen molar-refractivity contribution in [1.82, 2.24) is 5.32 Å². The lowest BCUT2D eigenvalue weighted by Gasteiger charge is -2.26. The van der Waals surface area contributed by atoms with Gasteiger partial charge in [-0.3, -0.25) is 0 Å². The molecule has 0 aliphatic carbocycles. The minimum atomic E-state index is -3.16. The Labute approximate surface area is 113 Å². The van der Waals surface area contributed by atoms with Crippen LogP contribution in [0.5, 0.6) is 0 Å². The Kier molecular flexibility index (Phi) is 4.78. The molecule has 0 radical (unpaired) electrons. The zero-order chi connectivity index (χ0) is 14.7. The number of ether oxygens (including phenoxy) is 1. The Morgan fingerprint density at radius 3 is 2.58 bits per heavy atom. The van der Waals surface area contributed by atoms with E-state index >= 15 is 0 Å². The number of sulfone groups is 1. The van der Waals surface area contributed by atoms with Gasteiger partial charge in [0.15, 0.2) is 9.84 Å². The molecule has 1 unspecified atom stereocenters. The Morgan fingerprint density at radius 2 is 2.05 bits per heavy atom. The molecule has 19 heavy (non-hydrogen) atoms. The van der Waals surface area contributed by atoms with Gasteiger partial charge in [-0.25, -0.2) is 13.2 Å². The van der Waals surface area contributed by atoms with E-state index in [9.17, 15) is 13.2 Å². The van der Waals surface area contributed by atoms with Gasteiger partial charge in [0.05, 0.1) is 23.3 Å². The number of alkyl carbamates (subject to hydrolysis) is 1. The van der Waals surface area contributed by atoms with Crippen molar-refractivity contribution in [1.29, 1.82) is 0 Å². The highest BCUT2D eigenvalue weighted by Gasteiger charge is 2.32. The largest absolute Gasteiger partial charge is 0.444 e. The minimum Gasteiger partial charge on any atom is -0.444 e. The summed E-state index contributed by atoms with van der Waals surface area (Å²) in [5.41, 5.74) is -0.316. The number of amides is 1. The van der Waals surface area contributed by atoms with E-state index in [1.807, 2.05) is 0 Å². The molecule has 1 aliphatic rings. The second-order valence-electron chi connectivity index (χ2n) is 5.34. The van der Waals surface area contributed by atoms with E-state index in [1.165, 1.54) is 7.11 Å². The fourth-order valence-electron chi connectivity index (χ4n) is 1.67. The number of rotatable bonds is 2. The number of nitrogens with zero attached hydrogens (tertiary/aromatic N) is 1. The average molecular weight is 292 g/mol. The van der Waals surface area contributed by atoms with Crippen LogP contribution in [0.3, 0.4) is 0 Å². The predicted octanol–water partition coefficient (Wildman–Crippen LogP) is 0.701. The lowest BCUT2D eigenvalue weighted by Crippen LogP contribution is -2.49. The van der Waals surface area contributed by atoms with Crippen molar-refractivity contribution in [3.8, 4) is 0 Å². The van der Waals surface area contributed by atoms with E-state index in [-0.39, 0.29) is 17.9 Å². The Bertz CT molecular complexity index is 464. The van der Waals surface area contributed by atoms with E-state index in [4.69, 9.17) is 4.74 Å². The van der Waals surface area contributed by atoms with E-state index < -0.39 is 27.6 Å². The summed E-state index contributed by atoms with van der Waals surface area (Å²) in [6, 6.07) is -0.474. The van der Waals surface area contributed by atoms with Crippen LogP contribution in [0.2, 0.25) is 0 Å². The summed E-state index contributed by atoms with van der Waals surface area (Å²) in [6.07, 6.45) is -0.329. The van der Waals surface area contributed by atoms with Gasteiger partial charge in [-0.2, -0.15) is 0 Å². The maximum absolute atomic E-state index is 11.7. The number of hydrogen-bond donors (Lipinski definition) is 1. The lowest BCUT2D eigenvalue weighted by molar-refractivity contribution is 0.0516. The topological polar surface area (TPSA) is 94.1 Å². The van der Waals surface area contributed by atoms with Gasteiger partial charge >= 0.3 is 6.09 Å². The molecule has 0 spiro atoms. The Balaban J connectivity index is 2.72. The summed E-state index contributed by atoms with van der Waals surface area (Å²) in [7, 11) is -1.83. The number of hydrogen-bond acceptors (Lipinski definition) is 6. The van der Waals surface area contributed by atoms with Crippen molar-refractivity contribution in [3.05, 3.63) is 0 Å². The van der Waals surface area contributed by atoms with Crippen LogP contribution >= 0.6 is 0 Å². The van der Waals surface area contributed by atoms with Crippen LogP contribution in [0.4, 0.5) is 4.79 Å². The van der Waals surface area contributed by atoms with Crippen molar-refractivity contribution in [2.45, 2.75) is 38.8 Å². The molecule has 7 nitrogen and oxygen atoms in total. The molecule has 8 heteroatoms. The van der Waals surface area contributed by atoms with Gasteiger partial charge in [0, 0.05) is 0 Å². The van der Waals surface area contributed by atoms with E-state index in [0.717, 1.165) is 0 Å². The van der Waals surface area contributed by atoms with Crippen LogP contribution in [0.15, 0.2) is 5.16 Å². The Hall–Kier alpha value is -1.31. The van der Waals surface area contributed by atoms with Gasteiger partial charge in [-0.15, -0.1) is 0 Å². The highest BCUT2D eigenvalue weighted by Crippen LogP contribution is 2.13. The van der Waals surface area contributed by atoms with Crippen molar-refractivity contribution < 1.29 is 22.8 Å². The molecule has 1 aliphatic heterocycles. The van der Waals surface area contributed by atoms with Gasteiger partial charge in [0.25, 0.3) is 0 Å². The summed E-state index contributed by atoms with van der Waals surface area (Å²) in [4.78, 5) is 16.3. The molecule has 1 saturated heterocycles. The molecule has 0 aromatic carbocycles. The summed E-state index contributed by atoms with van der Waals surface area (Å²) in [5.74, 6) is -0.197. The molecule has 1 fully saturated rings. The Morgan fingerprint density at radius 1 is 1.42 bits per heavy atom. The highest BCUT2D eigenvalue weighted by molar-refractivity contribution is 7.92. The summed E-state index contributed by atoms with van der Waals surface area (Å²) >= 11 is 0. The highest BCUT2D eigenvalue weighted by atomic mass is 32.2.